The molecule has 0 bridgehead atoms. The molecular formula is C10H11N3O. The smallest absolute Gasteiger partial charge is 0.141 e. The van der Waals surface area contributed by atoms with Crippen molar-refractivity contribution in [2.75, 3.05) is 0 Å². The van der Waals surface area contributed by atoms with Gasteiger partial charge < -0.3 is 9.51 Å². The quantitative estimate of drug-likeness (QED) is 0.717. The van der Waals surface area contributed by atoms with Crippen LogP contribution < -0.4 is 5.49 Å². The predicted molar refractivity (Wildman–Crippen MR) is 51.6 cm³/mol. The summed E-state index contributed by atoms with van der Waals surface area (Å²) in [6.45, 7) is 3.77. The van der Waals surface area contributed by atoms with E-state index in [9.17, 15) is 0 Å². The molecule has 2 aromatic heterocycles. The number of pyridine rings is 1. The molecule has 14 heavy (non-hydrogen) atoms. The van der Waals surface area contributed by atoms with Crippen LogP contribution in [0.1, 0.15) is 11.5 Å². The number of H-pyrrole nitrogens is 1. The van der Waals surface area contributed by atoms with Gasteiger partial charge in [-0.2, -0.15) is 0 Å². The Balaban J connectivity index is 2.65. The van der Waals surface area contributed by atoms with Crippen molar-refractivity contribution in [3.05, 3.63) is 35.3 Å². The van der Waals surface area contributed by atoms with Gasteiger partial charge in [-0.1, -0.05) is 5.16 Å². The van der Waals surface area contributed by atoms with Crippen LogP contribution in [0.3, 0.4) is 0 Å². The number of aromatic amines is 1. The fourth-order valence-corrected chi connectivity index (χ4v) is 1.52. The molecule has 0 radical (unpaired) electrons. The van der Waals surface area contributed by atoms with Crippen molar-refractivity contribution >= 4 is 0 Å². The topological polar surface area (TPSA) is 65.7 Å². The van der Waals surface area contributed by atoms with Crippen LogP contribution in [0.2, 0.25) is 0 Å². The van der Waals surface area contributed by atoms with Gasteiger partial charge in [-0.05, 0) is 31.5 Å². The second kappa shape index (κ2) is 3.14. The summed E-state index contributed by atoms with van der Waals surface area (Å²) in [4.78, 5) is 2.79. The van der Waals surface area contributed by atoms with Gasteiger partial charge in [0.1, 0.15) is 11.2 Å². The Morgan fingerprint density at radius 3 is 2.79 bits per heavy atom. The molecule has 0 amide bonds. The zero-order valence-corrected chi connectivity index (χ0v) is 8.09. The van der Waals surface area contributed by atoms with E-state index in [-0.39, 0.29) is 0 Å². The van der Waals surface area contributed by atoms with E-state index in [0.717, 1.165) is 22.6 Å². The molecule has 0 aliphatic carbocycles. The standard InChI is InChI=1S/C10H11N3O/c1-6-10(7(2)14-13-6)8-3-4-12-9(11)5-8/h3-5H,1-2H3,(H2,11,12). The lowest BCUT2D eigenvalue weighted by Crippen LogP contribution is -2.02. The van der Waals surface area contributed by atoms with Gasteiger partial charge in [-0.25, -0.2) is 0 Å². The Bertz CT molecular complexity index is 491. The van der Waals surface area contributed by atoms with Crippen molar-refractivity contribution in [2.24, 2.45) is 0 Å². The van der Waals surface area contributed by atoms with Gasteiger partial charge >= 0.3 is 0 Å². The molecule has 0 saturated heterocycles. The molecule has 2 N–H and O–H groups in total. The SMILES string of the molecule is Cc1noc(C)c1-c1cc[nH]c(=N)c1. The maximum absolute atomic E-state index is 7.47. The average molecular weight is 189 g/mol. The van der Waals surface area contributed by atoms with Crippen molar-refractivity contribution in [1.82, 2.24) is 10.1 Å². The lowest BCUT2D eigenvalue weighted by atomic mass is 10.1. The Hall–Kier alpha value is -1.84. The highest BCUT2D eigenvalue weighted by Crippen LogP contribution is 2.24. The summed E-state index contributed by atoms with van der Waals surface area (Å²) in [6, 6.07) is 3.66. The van der Waals surface area contributed by atoms with Crippen LogP contribution in [0, 0.1) is 19.3 Å². The van der Waals surface area contributed by atoms with E-state index in [1.54, 1.807) is 12.3 Å². The zero-order chi connectivity index (χ0) is 10.1. The highest BCUT2D eigenvalue weighted by atomic mass is 16.5. The van der Waals surface area contributed by atoms with Crippen LogP contribution in [0.4, 0.5) is 0 Å². The molecule has 2 aromatic rings. The molecule has 0 fully saturated rings. The van der Waals surface area contributed by atoms with Gasteiger partial charge in [0, 0.05) is 11.8 Å². The summed E-state index contributed by atoms with van der Waals surface area (Å²) in [5.74, 6) is 0.785. The monoisotopic (exact) mass is 189 g/mol. The number of hydrogen-bond donors (Lipinski definition) is 2. The molecule has 0 spiro atoms. The number of nitrogens with zero attached hydrogens (tertiary/aromatic N) is 1. The Kier molecular flexibility index (Phi) is 1.96. The first-order valence-corrected chi connectivity index (χ1v) is 4.35. The predicted octanol–water partition coefficient (Wildman–Crippen LogP) is 1.77. The van der Waals surface area contributed by atoms with E-state index >= 15 is 0 Å². The molecule has 0 unspecified atom stereocenters. The van der Waals surface area contributed by atoms with Crippen LogP contribution in [0.25, 0.3) is 11.1 Å². The Morgan fingerprint density at radius 1 is 1.43 bits per heavy atom. The van der Waals surface area contributed by atoms with E-state index in [0.29, 0.717) is 5.49 Å². The van der Waals surface area contributed by atoms with Crippen LogP contribution in [0.5, 0.6) is 0 Å². The number of aryl methyl sites for hydroxylation is 2. The summed E-state index contributed by atoms with van der Waals surface area (Å²) >= 11 is 0. The number of nitrogens with one attached hydrogen (secondary N) is 2. The largest absolute Gasteiger partial charge is 0.361 e. The van der Waals surface area contributed by atoms with Gasteiger partial charge in [0.25, 0.3) is 0 Å². The van der Waals surface area contributed by atoms with Crippen molar-refractivity contribution in [3.63, 3.8) is 0 Å². The molecule has 0 atom stereocenters. The van der Waals surface area contributed by atoms with Gasteiger partial charge in [-0.15, -0.1) is 0 Å². The lowest BCUT2D eigenvalue weighted by Gasteiger charge is -1.98. The zero-order valence-electron chi connectivity index (χ0n) is 8.09. The minimum Gasteiger partial charge on any atom is -0.361 e. The minimum absolute atomic E-state index is 0.377. The van der Waals surface area contributed by atoms with Crippen LogP contribution in [-0.4, -0.2) is 10.1 Å². The Morgan fingerprint density at radius 2 is 2.21 bits per heavy atom. The number of rotatable bonds is 1. The third kappa shape index (κ3) is 1.35. The van der Waals surface area contributed by atoms with E-state index in [2.05, 4.69) is 10.1 Å². The second-order valence-corrected chi connectivity index (χ2v) is 3.19. The van der Waals surface area contributed by atoms with E-state index < -0.39 is 0 Å². The first-order chi connectivity index (χ1) is 6.68. The van der Waals surface area contributed by atoms with Crippen LogP contribution >= 0.6 is 0 Å². The van der Waals surface area contributed by atoms with Crippen molar-refractivity contribution in [2.45, 2.75) is 13.8 Å². The van der Waals surface area contributed by atoms with E-state index in [1.165, 1.54) is 0 Å². The molecule has 0 saturated carbocycles. The lowest BCUT2D eigenvalue weighted by molar-refractivity contribution is 0.393. The fourth-order valence-electron chi connectivity index (χ4n) is 1.52. The molecule has 0 aliphatic heterocycles. The summed E-state index contributed by atoms with van der Waals surface area (Å²) < 4.78 is 5.07. The van der Waals surface area contributed by atoms with Gasteiger partial charge in [0.15, 0.2) is 0 Å². The third-order valence-corrected chi connectivity index (χ3v) is 2.12. The number of hydrogen-bond acceptors (Lipinski definition) is 3. The van der Waals surface area contributed by atoms with Crippen LogP contribution in [0.15, 0.2) is 22.9 Å². The second-order valence-electron chi connectivity index (χ2n) is 3.19. The maximum Gasteiger partial charge on any atom is 0.141 e. The van der Waals surface area contributed by atoms with Gasteiger partial charge in [-0.3, -0.25) is 5.41 Å². The Labute approximate surface area is 81.1 Å². The molecule has 72 valence electrons. The average Bonchev–Trinajstić information content (AvgIpc) is 2.46. The van der Waals surface area contributed by atoms with E-state index in [4.69, 9.17) is 9.93 Å². The first-order valence-electron chi connectivity index (χ1n) is 4.35. The van der Waals surface area contributed by atoms with Crippen molar-refractivity contribution in [3.8, 4) is 11.1 Å². The molecule has 0 aromatic carbocycles. The first kappa shape index (κ1) is 8.74. The highest BCUT2D eigenvalue weighted by Gasteiger charge is 2.10. The summed E-state index contributed by atoms with van der Waals surface area (Å²) in [5, 5.41) is 11.3. The summed E-state index contributed by atoms with van der Waals surface area (Å²) in [6.07, 6.45) is 1.74. The molecule has 2 rings (SSSR count). The third-order valence-electron chi connectivity index (χ3n) is 2.12. The number of aromatic nitrogens is 2. The normalized spacial score (nSPS) is 10.4. The minimum atomic E-state index is 0.377. The van der Waals surface area contributed by atoms with Crippen molar-refractivity contribution < 1.29 is 4.52 Å². The molecule has 4 nitrogen and oxygen atoms in total. The van der Waals surface area contributed by atoms with Crippen molar-refractivity contribution in [1.29, 1.82) is 5.41 Å². The van der Waals surface area contributed by atoms with Gasteiger partial charge in [0.05, 0.1) is 5.69 Å². The molecule has 4 heteroatoms. The fraction of sp³-hybridized carbons (Fsp3) is 0.200. The summed E-state index contributed by atoms with van der Waals surface area (Å²) in [5.41, 5.74) is 3.17. The molecular weight excluding hydrogens is 178 g/mol. The molecule has 0 aliphatic rings. The highest BCUT2D eigenvalue weighted by molar-refractivity contribution is 5.66. The van der Waals surface area contributed by atoms with Crippen LogP contribution in [-0.2, 0) is 0 Å². The molecule has 2 heterocycles. The summed E-state index contributed by atoms with van der Waals surface area (Å²) in [7, 11) is 0. The van der Waals surface area contributed by atoms with E-state index in [1.807, 2.05) is 19.9 Å². The van der Waals surface area contributed by atoms with Gasteiger partial charge in [0.2, 0.25) is 0 Å². The maximum atomic E-state index is 7.47.